The van der Waals surface area contributed by atoms with Gasteiger partial charge in [-0.15, -0.1) is 0 Å². The zero-order valence-electron chi connectivity index (χ0n) is 10.7. The van der Waals surface area contributed by atoms with Crippen LogP contribution >= 0.6 is 0 Å². The van der Waals surface area contributed by atoms with E-state index in [-0.39, 0.29) is 12.8 Å². The summed E-state index contributed by atoms with van der Waals surface area (Å²) < 4.78 is 1.51. The molecule has 0 aromatic carbocycles. The minimum Gasteiger partial charge on any atom is -0.480 e. The van der Waals surface area contributed by atoms with E-state index in [1.807, 2.05) is 0 Å². The second kappa shape index (κ2) is 5.98. The number of nitrogens with two attached hydrogens (primary N) is 1. The van der Waals surface area contributed by atoms with Crippen molar-refractivity contribution in [2.24, 2.45) is 12.8 Å². The Hall–Kier alpha value is -2.38. The van der Waals surface area contributed by atoms with Crippen molar-refractivity contribution in [2.75, 3.05) is 0 Å². The lowest BCUT2D eigenvalue weighted by Gasteiger charge is -2.13. The summed E-state index contributed by atoms with van der Waals surface area (Å²) in [5.41, 5.74) is 5.87. The van der Waals surface area contributed by atoms with Crippen LogP contribution in [0.4, 0.5) is 0 Å². The molecule has 8 nitrogen and oxygen atoms in total. The number of nitrogens with zero attached hydrogens (tertiary/aromatic N) is 2. The Bertz CT molecular complexity index is 509. The molecule has 0 aliphatic rings. The van der Waals surface area contributed by atoms with E-state index in [9.17, 15) is 14.4 Å². The SMILES string of the molecule is Cc1c(C(=O)NC(CCC(N)=O)C(=O)O)cnn1C. The highest BCUT2D eigenvalue weighted by molar-refractivity contribution is 5.97. The van der Waals surface area contributed by atoms with Gasteiger partial charge in [0.1, 0.15) is 6.04 Å². The number of carboxylic acid groups (broad SMARTS) is 1. The second-order valence-electron chi connectivity index (χ2n) is 4.14. The van der Waals surface area contributed by atoms with Crippen molar-refractivity contribution in [3.8, 4) is 0 Å². The summed E-state index contributed by atoms with van der Waals surface area (Å²) in [5, 5.41) is 15.2. The summed E-state index contributed by atoms with van der Waals surface area (Å²) >= 11 is 0. The van der Waals surface area contributed by atoms with Gasteiger partial charge in [0.2, 0.25) is 5.91 Å². The molecule has 1 heterocycles. The van der Waals surface area contributed by atoms with E-state index in [1.165, 1.54) is 10.9 Å². The zero-order chi connectivity index (χ0) is 14.6. The number of rotatable bonds is 6. The van der Waals surface area contributed by atoms with Gasteiger partial charge in [0.25, 0.3) is 5.91 Å². The fourth-order valence-corrected chi connectivity index (χ4v) is 1.50. The molecule has 1 rings (SSSR count). The highest BCUT2D eigenvalue weighted by atomic mass is 16.4. The van der Waals surface area contributed by atoms with Gasteiger partial charge in [-0.1, -0.05) is 0 Å². The largest absolute Gasteiger partial charge is 0.480 e. The van der Waals surface area contributed by atoms with Crippen molar-refractivity contribution in [1.82, 2.24) is 15.1 Å². The average Bonchev–Trinajstić information content (AvgIpc) is 2.64. The Morgan fingerprint density at radius 1 is 1.53 bits per heavy atom. The van der Waals surface area contributed by atoms with Crippen molar-refractivity contribution >= 4 is 17.8 Å². The summed E-state index contributed by atoms with van der Waals surface area (Å²) in [6, 6.07) is -1.15. The molecule has 4 N–H and O–H groups in total. The second-order valence-corrected chi connectivity index (χ2v) is 4.14. The number of aryl methyl sites for hydroxylation is 1. The number of aromatic nitrogens is 2. The van der Waals surface area contributed by atoms with Gasteiger partial charge >= 0.3 is 5.97 Å². The van der Waals surface area contributed by atoms with Crippen molar-refractivity contribution < 1.29 is 19.5 Å². The van der Waals surface area contributed by atoms with E-state index >= 15 is 0 Å². The molecule has 0 aliphatic carbocycles. The van der Waals surface area contributed by atoms with E-state index in [4.69, 9.17) is 10.8 Å². The topological polar surface area (TPSA) is 127 Å². The molecule has 8 heteroatoms. The first-order chi connectivity index (χ1) is 8.82. The molecule has 1 atom stereocenters. The fraction of sp³-hybridized carbons (Fsp3) is 0.455. The maximum atomic E-state index is 11.9. The van der Waals surface area contributed by atoms with Crippen LogP contribution in [0.2, 0.25) is 0 Å². The number of hydrogen-bond acceptors (Lipinski definition) is 4. The average molecular weight is 268 g/mol. The molecule has 1 aromatic heterocycles. The van der Waals surface area contributed by atoms with Crippen LogP contribution in [-0.4, -0.2) is 38.7 Å². The molecule has 0 aliphatic heterocycles. The molecule has 0 fully saturated rings. The van der Waals surface area contributed by atoms with Crippen molar-refractivity contribution in [1.29, 1.82) is 0 Å². The first-order valence-corrected chi connectivity index (χ1v) is 5.63. The Kier molecular flexibility index (Phi) is 4.62. The van der Waals surface area contributed by atoms with Crippen LogP contribution in [0.5, 0.6) is 0 Å². The van der Waals surface area contributed by atoms with Gasteiger partial charge in [0.15, 0.2) is 0 Å². The number of carbonyl (C=O) groups is 3. The van der Waals surface area contributed by atoms with Crippen LogP contribution in [0.3, 0.4) is 0 Å². The number of carbonyl (C=O) groups excluding carboxylic acids is 2. The standard InChI is InChI=1S/C11H16N4O4/c1-6-7(5-13-15(6)2)10(17)14-8(11(18)19)3-4-9(12)16/h5,8H,3-4H2,1-2H3,(H2,12,16)(H,14,17)(H,18,19). The molecule has 1 aromatic rings. The quantitative estimate of drug-likeness (QED) is 0.621. The molecular weight excluding hydrogens is 252 g/mol. The first kappa shape index (κ1) is 14.7. The lowest BCUT2D eigenvalue weighted by Crippen LogP contribution is -2.41. The Labute approximate surface area is 109 Å². The summed E-state index contributed by atoms with van der Waals surface area (Å²) in [6.45, 7) is 1.70. The van der Waals surface area contributed by atoms with E-state index in [0.29, 0.717) is 11.3 Å². The Morgan fingerprint density at radius 3 is 2.58 bits per heavy atom. The lowest BCUT2D eigenvalue weighted by atomic mass is 10.1. The van der Waals surface area contributed by atoms with Crippen LogP contribution in [0.1, 0.15) is 28.9 Å². The zero-order valence-corrected chi connectivity index (χ0v) is 10.7. The minimum absolute atomic E-state index is 0.0459. The molecule has 104 valence electrons. The van der Waals surface area contributed by atoms with Gasteiger partial charge < -0.3 is 16.2 Å². The molecule has 0 saturated carbocycles. The number of amides is 2. The van der Waals surface area contributed by atoms with Gasteiger partial charge in [-0.25, -0.2) is 4.79 Å². The predicted molar refractivity (Wildman–Crippen MR) is 65.3 cm³/mol. The van der Waals surface area contributed by atoms with Gasteiger partial charge in [-0.2, -0.15) is 5.10 Å². The van der Waals surface area contributed by atoms with Gasteiger partial charge in [-0.3, -0.25) is 14.3 Å². The molecule has 0 spiro atoms. The van der Waals surface area contributed by atoms with Gasteiger partial charge in [-0.05, 0) is 13.3 Å². The Morgan fingerprint density at radius 2 is 2.16 bits per heavy atom. The van der Waals surface area contributed by atoms with E-state index in [2.05, 4.69) is 10.4 Å². The van der Waals surface area contributed by atoms with Crippen molar-refractivity contribution in [3.63, 3.8) is 0 Å². The van der Waals surface area contributed by atoms with Crippen molar-refractivity contribution in [3.05, 3.63) is 17.5 Å². The third-order valence-corrected chi connectivity index (χ3v) is 2.76. The Balaban J connectivity index is 2.74. The van der Waals surface area contributed by atoms with E-state index in [0.717, 1.165) is 0 Å². The smallest absolute Gasteiger partial charge is 0.326 e. The minimum atomic E-state index is -1.21. The van der Waals surface area contributed by atoms with Gasteiger partial charge in [0.05, 0.1) is 11.8 Å². The highest BCUT2D eigenvalue weighted by Gasteiger charge is 2.22. The third-order valence-electron chi connectivity index (χ3n) is 2.76. The van der Waals surface area contributed by atoms with Crippen LogP contribution < -0.4 is 11.1 Å². The monoisotopic (exact) mass is 268 g/mol. The highest BCUT2D eigenvalue weighted by Crippen LogP contribution is 2.07. The predicted octanol–water partition coefficient (Wildman–Crippen LogP) is -0.823. The number of nitrogens with one attached hydrogen (secondary N) is 1. The van der Waals surface area contributed by atoms with Crippen LogP contribution in [0.15, 0.2) is 6.20 Å². The number of aliphatic carboxylic acids is 1. The summed E-state index contributed by atoms with van der Waals surface area (Å²) in [4.78, 5) is 33.5. The van der Waals surface area contributed by atoms with Gasteiger partial charge in [0, 0.05) is 19.2 Å². The molecule has 19 heavy (non-hydrogen) atoms. The third kappa shape index (κ3) is 3.80. The van der Waals surface area contributed by atoms with Crippen LogP contribution in [0, 0.1) is 6.92 Å². The molecule has 0 radical (unpaired) electrons. The van der Waals surface area contributed by atoms with E-state index in [1.54, 1.807) is 14.0 Å². The van der Waals surface area contributed by atoms with E-state index < -0.39 is 23.8 Å². The molecule has 2 amide bonds. The normalized spacial score (nSPS) is 11.9. The molecule has 0 bridgehead atoms. The number of hydrogen-bond donors (Lipinski definition) is 3. The van der Waals surface area contributed by atoms with Crippen molar-refractivity contribution in [2.45, 2.75) is 25.8 Å². The maximum absolute atomic E-state index is 11.9. The van der Waals surface area contributed by atoms with Crippen LogP contribution in [0.25, 0.3) is 0 Å². The van der Waals surface area contributed by atoms with Crippen LogP contribution in [-0.2, 0) is 16.6 Å². The fourth-order valence-electron chi connectivity index (χ4n) is 1.50. The lowest BCUT2D eigenvalue weighted by molar-refractivity contribution is -0.139. The first-order valence-electron chi connectivity index (χ1n) is 5.63. The molecule has 1 unspecified atom stereocenters. The number of primary amides is 1. The number of carboxylic acids is 1. The maximum Gasteiger partial charge on any atom is 0.326 e. The molecule has 0 saturated heterocycles. The molecular formula is C11H16N4O4. The summed E-state index contributed by atoms with van der Waals surface area (Å²) in [7, 11) is 1.67. The summed E-state index contributed by atoms with van der Waals surface area (Å²) in [6.07, 6.45) is 1.21. The summed E-state index contributed by atoms with van der Waals surface area (Å²) in [5.74, 6) is -2.36.